The lowest BCUT2D eigenvalue weighted by molar-refractivity contribution is 0.398. The number of nitrogens with zero attached hydrogens (tertiary/aromatic N) is 3. The van der Waals surface area contributed by atoms with Crippen LogP contribution in [-0.2, 0) is 0 Å². The van der Waals surface area contributed by atoms with Crippen molar-refractivity contribution in [2.75, 3.05) is 6.54 Å². The number of pyridine rings is 1. The van der Waals surface area contributed by atoms with E-state index in [2.05, 4.69) is 25.5 Å². The van der Waals surface area contributed by atoms with Crippen molar-refractivity contribution in [3.63, 3.8) is 0 Å². The highest BCUT2D eigenvalue weighted by molar-refractivity contribution is 5.52. The van der Waals surface area contributed by atoms with E-state index in [0.29, 0.717) is 6.04 Å². The Kier molecular flexibility index (Phi) is 2.83. The van der Waals surface area contributed by atoms with Gasteiger partial charge in [-0.15, -0.1) is 0 Å². The fourth-order valence-electron chi connectivity index (χ4n) is 2.14. The highest BCUT2D eigenvalue weighted by Gasteiger charge is 2.18. The van der Waals surface area contributed by atoms with Crippen LogP contribution in [0.4, 0.5) is 0 Å². The summed E-state index contributed by atoms with van der Waals surface area (Å²) in [5.74, 6) is 1.66. The van der Waals surface area contributed by atoms with E-state index in [1.54, 1.807) is 12.4 Å². The molecule has 3 heterocycles. The van der Waals surface area contributed by atoms with Crippen LogP contribution in [-0.4, -0.2) is 26.7 Å². The number of hydrogen-bond donors (Lipinski definition) is 2. The van der Waals surface area contributed by atoms with Crippen LogP contribution in [0.25, 0.3) is 11.4 Å². The van der Waals surface area contributed by atoms with E-state index in [-0.39, 0.29) is 0 Å². The van der Waals surface area contributed by atoms with Gasteiger partial charge in [0.1, 0.15) is 5.82 Å². The normalized spacial score (nSPS) is 20.4. The van der Waals surface area contributed by atoms with Crippen molar-refractivity contribution in [1.82, 2.24) is 25.5 Å². The average molecular weight is 229 g/mol. The van der Waals surface area contributed by atoms with E-state index in [0.717, 1.165) is 30.2 Å². The van der Waals surface area contributed by atoms with Crippen LogP contribution < -0.4 is 5.32 Å². The molecule has 0 saturated carbocycles. The topological polar surface area (TPSA) is 66.5 Å². The molecule has 0 spiro atoms. The summed E-state index contributed by atoms with van der Waals surface area (Å²) in [5, 5.41) is 10.7. The number of aromatic nitrogens is 4. The monoisotopic (exact) mass is 229 g/mol. The molecular weight excluding hydrogens is 214 g/mol. The molecule has 0 radical (unpaired) electrons. The van der Waals surface area contributed by atoms with Crippen molar-refractivity contribution in [2.24, 2.45) is 0 Å². The molecule has 0 aromatic carbocycles. The number of rotatable bonds is 2. The number of nitrogens with one attached hydrogen (secondary N) is 2. The summed E-state index contributed by atoms with van der Waals surface area (Å²) in [6, 6.07) is 4.18. The highest BCUT2D eigenvalue weighted by Crippen LogP contribution is 2.21. The third-order valence-electron chi connectivity index (χ3n) is 3.06. The molecule has 0 bridgehead atoms. The second kappa shape index (κ2) is 4.63. The van der Waals surface area contributed by atoms with E-state index in [9.17, 15) is 0 Å². The predicted molar refractivity (Wildman–Crippen MR) is 64.2 cm³/mol. The molecule has 1 atom stereocenters. The Morgan fingerprint density at radius 1 is 1.29 bits per heavy atom. The summed E-state index contributed by atoms with van der Waals surface area (Å²) in [6.07, 6.45) is 7.16. The molecule has 0 aliphatic carbocycles. The maximum absolute atomic E-state index is 4.54. The molecule has 2 aromatic heterocycles. The zero-order valence-corrected chi connectivity index (χ0v) is 9.56. The minimum atomic E-state index is 0.321. The minimum absolute atomic E-state index is 0.321. The SMILES string of the molecule is c1cncc(-c2n[nH]c([C@@H]3CCCCN3)n2)c1. The Balaban J connectivity index is 1.83. The second-order valence-electron chi connectivity index (χ2n) is 4.29. The van der Waals surface area contributed by atoms with Gasteiger partial charge in [-0.1, -0.05) is 6.42 Å². The van der Waals surface area contributed by atoms with Crippen LogP contribution >= 0.6 is 0 Å². The van der Waals surface area contributed by atoms with Gasteiger partial charge in [0, 0.05) is 18.0 Å². The van der Waals surface area contributed by atoms with Gasteiger partial charge in [0.2, 0.25) is 0 Å². The lowest BCUT2D eigenvalue weighted by Crippen LogP contribution is -2.27. The van der Waals surface area contributed by atoms with E-state index in [1.807, 2.05) is 12.1 Å². The van der Waals surface area contributed by atoms with Gasteiger partial charge in [-0.2, -0.15) is 5.10 Å². The minimum Gasteiger partial charge on any atom is -0.307 e. The van der Waals surface area contributed by atoms with E-state index >= 15 is 0 Å². The molecular formula is C12H15N5. The van der Waals surface area contributed by atoms with Gasteiger partial charge in [0.25, 0.3) is 0 Å². The fraction of sp³-hybridized carbons (Fsp3) is 0.417. The summed E-state index contributed by atoms with van der Waals surface area (Å²) < 4.78 is 0. The Morgan fingerprint density at radius 2 is 2.29 bits per heavy atom. The Bertz CT molecular complexity index is 473. The van der Waals surface area contributed by atoms with Gasteiger partial charge in [-0.25, -0.2) is 4.98 Å². The zero-order chi connectivity index (χ0) is 11.5. The van der Waals surface area contributed by atoms with Gasteiger partial charge in [-0.05, 0) is 31.5 Å². The van der Waals surface area contributed by atoms with E-state index in [4.69, 9.17) is 0 Å². The molecule has 5 heteroatoms. The average Bonchev–Trinajstić information content (AvgIpc) is 2.90. The molecule has 0 unspecified atom stereocenters. The first-order valence-electron chi connectivity index (χ1n) is 5.99. The van der Waals surface area contributed by atoms with Crippen molar-refractivity contribution >= 4 is 0 Å². The van der Waals surface area contributed by atoms with Gasteiger partial charge >= 0.3 is 0 Å². The Hall–Kier alpha value is -1.75. The van der Waals surface area contributed by atoms with Gasteiger partial charge < -0.3 is 5.32 Å². The van der Waals surface area contributed by atoms with Crippen LogP contribution in [0.2, 0.25) is 0 Å². The second-order valence-corrected chi connectivity index (χ2v) is 4.29. The van der Waals surface area contributed by atoms with Crippen LogP contribution in [0.15, 0.2) is 24.5 Å². The smallest absolute Gasteiger partial charge is 0.182 e. The summed E-state index contributed by atoms with van der Waals surface area (Å²) in [6.45, 7) is 1.06. The lowest BCUT2D eigenvalue weighted by Gasteiger charge is -2.20. The molecule has 88 valence electrons. The Labute approximate surface area is 99.7 Å². The summed E-state index contributed by atoms with van der Waals surface area (Å²) in [5.41, 5.74) is 0.950. The van der Waals surface area contributed by atoms with E-state index < -0.39 is 0 Å². The van der Waals surface area contributed by atoms with Crippen molar-refractivity contribution in [3.8, 4) is 11.4 Å². The number of hydrogen-bond acceptors (Lipinski definition) is 4. The first-order chi connectivity index (χ1) is 8.43. The zero-order valence-electron chi connectivity index (χ0n) is 9.56. The van der Waals surface area contributed by atoms with Crippen molar-refractivity contribution in [3.05, 3.63) is 30.4 Å². The van der Waals surface area contributed by atoms with Crippen LogP contribution in [0, 0.1) is 0 Å². The van der Waals surface area contributed by atoms with Crippen molar-refractivity contribution in [2.45, 2.75) is 25.3 Å². The molecule has 1 fully saturated rings. The Morgan fingerprint density at radius 3 is 3.06 bits per heavy atom. The first kappa shape index (κ1) is 10.4. The quantitative estimate of drug-likeness (QED) is 0.822. The third kappa shape index (κ3) is 2.19. The van der Waals surface area contributed by atoms with Gasteiger partial charge in [-0.3, -0.25) is 10.1 Å². The number of aromatic amines is 1. The first-order valence-corrected chi connectivity index (χ1v) is 5.99. The number of piperidine rings is 1. The van der Waals surface area contributed by atoms with Gasteiger partial charge in [0.05, 0.1) is 6.04 Å². The third-order valence-corrected chi connectivity index (χ3v) is 3.06. The summed E-state index contributed by atoms with van der Waals surface area (Å²) in [7, 11) is 0. The molecule has 3 rings (SSSR count). The van der Waals surface area contributed by atoms with Crippen LogP contribution in [0.1, 0.15) is 31.1 Å². The molecule has 1 aliphatic heterocycles. The molecule has 0 amide bonds. The molecule has 2 N–H and O–H groups in total. The predicted octanol–water partition coefficient (Wildman–Crippen LogP) is 1.68. The van der Waals surface area contributed by atoms with Crippen molar-refractivity contribution in [1.29, 1.82) is 0 Å². The highest BCUT2D eigenvalue weighted by atomic mass is 15.2. The molecule has 1 saturated heterocycles. The van der Waals surface area contributed by atoms with Crippen LogP contribution in [0.3, 0.4) is 0 Å². The standard InChI is InChI=1S/C12H15N5/c1-2-7-14-10(5-1)12-15-11(16-17-12)9-4-3-6-13-8-9/h3-4,6,8,10,14H,1-2,5,7H2,(H,15,16,17)/t10-/m0/s1. The van der Waals surface area contributed by atoms with E-state index in [1.165, 1.54) is 12.8 Å². The molecule has 5 nitrogen and oxygen atoms in total. The van der Waals surface area contributed by atoms with Crippen LogP contribution in [0.5, 0.6) is 0 Å². The molecule has 17 heavy (non-hydrogen) atoms. The maximum Gasteiger partial charge on any atom is 0.182 e. The summed E-state index contributed by atoms with van der Waals surface area (Å²) in [4.78, 5) is 8.61. The number of H-pyrrole nitrogens is 1. The summed E-state index contributed by atoms with van der Waals surface area (Å²) >= 11 is 0. The lowest BCUT2D eigenvalue weighted by atomic mass is 10.0. The maximum atomic E-state index is 4.54. The largest absolute Gasteiger partial charge is 0.307 e. The molecule has 1 aliphatic rings. The van der Waals surface area contributed by atoms with Crippen molar-refractivity contribution < 1.29 is 0 Å². The van der Waals surface area contributed by atoms with Gasteiger partial charge in [0.15, 0.2) is 5.82 Å². The molecule has 2 aromatic rings. The fourth-order valence-corrected chi connectivity index (χ4v) is 2.14.